The molecule has 5 nitrogen and oxygen atoms in total. The summed E-state index contributed by atoms with van der Waals surface area (Å²) >= 11 is 11.1. The summed E-state index contributed by atoms with van der Waals surface area (Å²) in [5.41, 5.74) is 6.13. The summed E-state index contributed by atoms with van der Waals surface area (Å²) in [7, 11) is 0. The molecule has 2 rings (SSSR count). The predicted octanol–water partition coefficient (Wildman–Crippen LogP) is 2.86. The Bertz CT molecular complexity index is 562. The number of halogens is 1. The average molecular weight is 356 g/mol. The highest BCUT2D eigenvalue weighted by molar-refractivity contribution is 7.80. The summed E-state index contributed by atoms with van der Waals surface area (Å²) in [6.07, 6.45) is 5.97. The normalized spacial score (nSPS) is 14.9. The number of carbonyl (C=O) groups excluding carboxylic acids is 1. The fourth-order valence-electron chi connectivity index (χ4n) is 2.49. The Kier molecular flexibility index (Phi) is 6.92. The van der Waals surface area contributed by atoms with Crippen LogP contribution >= 0.6 is 23.8 Å². The van der Waals surface area contributed by atoms with E-state index in [2.05, 4.69) is 16.2 Å². The van der Waals surface area contributed by atoms with Crippen LogP contribution in [0.5, 0.6) is 5.75 Å². The second kappa shape index (κ2) is 8.93. The van der Waals surface area contributed by atoms with E-state index < -0.39 is 0 Å². The molecule has 0 unspecified atom stereocenters. The Hall–Kier alpha value is -1.53. The predicted molar refractivity (Wildman–Crippen MR) is 95.6 cm³/mol. The van der Waals surface area contributed by atoms with Crippen LogP contribution in [0, 0.1) is 6.92 Å². The molecule has 0 saturated heterocycles. The fourth-order valence-corrected chi connectivity index (χ4v) is 2.82. The van der Waals surface area contributed by atoms with Gasteiger partial charge in [-0.05, 0) is 55.7 Å². The second-order valence-corrected chi connectivity index (χ2v) is 6.50. The molecule has 0 radical (unpaired) electrons. The molecule has 0 atom stereocenters. The van der Waals surface area contributed by atoms with Gasteiger partial charge in [0.2, 0.25) is 0 Å². The number of amides is 1. The number of aryl methyl sites for hydroxylation is 1. The van der Waals surface area contributed by atoms with Crippen molar-refractivity contribution >= 4 is 34.8 Å². The third-order valence-corrected chi connectivity index (χ3v) is 4.40. The van der Waals surface area contributed by atoms with Crippen molar-refractivity contribution in [3.63, 3.8) is 0 Å². The van der Waals surface area contributed by atoms with Gasteiger partial charge in [0.1, 0.15) is 5.75 Å². The lowest BCUT2D eigenvalue weighted by Crippen LogP contribution is -2.51. The molecule has 1 aromatic carbocycles. The Morgan fingerprint density at radius 1 is 1.30 bits per heavy atom. The lowest BCUT2D eigenvalue weighted by molar-refractivity contribution is -0.123. The monoisotopic (exact) mass is 355 g/mol. The van der Waals surface area contributed by atoms with Gasteiger partial charge in [-0.3, -0.25) is 15.6 Å². The number of hydrogen-bond donors (Lipinski definition) is 3. The van der Waals surface area contributed by atoms with Gasteiger partial charge in [-0.25, -0.2) is 0 Å². The quantitative estimate of drug-likeness (QED) is 0.572. The Labute approximate surface area is 147 Å². The fraction of sp³-hybridized carbons (Fsp3) is 0.500. The van der Waals surface area contributed by atoms with E-state index in [0.29, 0.717) is 21.9 Å². The summed E-state index contributed by atoms with van der Waals surface area (Å²) in [5.74, 6) is 0.301. The third kappa shape index (κ3) is 6.23. The van der Waals surface area contributed by atoms with Crippen LogP contribution in [-0.4, -0.2) is 23.7 Å². The highest BCUT2D eigenvalue weighted by atomic mass is 35.5. The summed E-state index contributed by atoms with van der Waals surface area (Å²) in [5, 5.41) is 4.32. The van der Waals surface area contributed by atoms with Gasteiger partial charge in [-0.15, -0.1) is 0 Å². The van der Waals surface area contributed by atoms with E-state index >= 15 is 0 Å². The van der Waals surface area contributed by atoms with Crippen LogP contribution < -0.4 is 20.9 Å². The highest BCUT2D eigenvalue weighted by Gasteiger charge is 2.14. The largest absolute Gasteiger partial charge is 0.484 e. The first-order valence-electron chi connectivity index (χ1n) is 7.79. The third-order valence-electron chi connectivity index (χ3n) is 3.76. The zero-order chi connectivity index (χ0) is 16.7. The van der Waals surface area contributed by atoms with Crippen molar-refractivity contribution in [1.82, 2.24) is 16.2 Å². The maximum atomic E-state index is 11.8. The molecule has 7 heteroatoms. The van der Waals surface area contributed by atoms with Crippen LogP contribution in [0.2, 0.25) is 5.02 Å². The van der Waals surface area contributed by atoms with Gasteiger partial charge in [-0.2, -0.15) is 0 Å². The van der Waals surface area contributed by atoms with E-state index in [1.54, 1.807) is 18.2 Å². The van der Waals surface area contributed by atoms with Crippen LogP contribution in [0.3, 0.4) is 0 Å². The van der Waals surface area contributed by atoms with Crippen LogP contribution in [0.4, 0.5) is 0 Å². The molecule has 1 aliphatic carbocycles. The van der Waals surface area contributed by atoms with Crippen LogP contribution in [0.25, 0.3) is 0 Å². The standard InChI is InChI=1S/C16H22ClN3O2S/c1-11-9-13(7-8-14(11)17)22-10-15(21)19-20-16(23)18-12-5-3-2-4-6-12/h7-9,12H,2-6,10H2,1H3,(H,19,21)(H2,18,20,23). The van der Waals surface area contributed by atoms with Crippen LogP contribution in [-0.2, 0) is 4.79 Å². The number of benzene rings is 1. The summed E-state index contributed by atoms with van der Waals surface area (Å²) in [6.45, 7) is 1.78. The van der Waals surface area contributed by atoms with Gasteiger partial charge < -0.3 is 10.1 Å². The van der Waals surface area contributed by atoms with Gasteiger partial charge in [0.05, 0.1) is 0 Å². The van der Waals surface area contributed by atoms with Crippen LogP contribution in [0.1, 0.15) is 37.7 Å². The van der Waals surface area contributed by atoms with Gasteiger partial charge in [0, 0.05) is 11.1 Å². The molecule has 126 valence electrons. The van der Waals surface area contributed by atoms with E-state index in [1.807, 2.05) is 6.92 Å². The van der Waals surface area contributed by atoms with Crippen molar-refractivity contribution in [3.05, 3.63) is 28.8 Å². The average Bonchev–Trinajstić information content (AvgIpc) is 2.55. The SMILES string of the molecule is Cc1cc(OCC(=O)NNC(=S)NC2CCCCC2)ccc1Cl. The second-order valence-electron chi connectivity index (χ2n) is 5.68. The Morgan fingerprint density at radius 2 is 2.04 bits per heavy atom. The van der Waals surface area contributed by atoms with Gasteiger partial charge in [0.15, 0.2) is 11.7 Å². The van der Waals surface area contributed by atoms with Crippen molar-refractivity contribution in [2.75, 3.05) is 6.61 Å². The van der Waals surface area contributed by atoms with E-state index in [9.17, 15) is 4.79 Å². The van der Waals surface area contributed by atoms with E-state index in [4.69, 9.17) is 28.6 Å². The Morgan fingerprint density at radius 3 is 2.74 bits per heavy atom. The zero-order valence-electron chi connectivity index (χ0n) is 13.2. The number of rotatable bonds is 4. The number of nitrogens with one attached hydrogen (secondary N) is 3. The Balaban J connectivity index is 1.66. The minimum atomic E-state index is -0.301. The molecule has 3 N–H and O–H groups in total. The minimum absolute atomic E-state index is 0.0971. The molecule has 1 aromatic rings. The van der Waals surface area contributed by atoms with Crippen LogP contribution in [0.15, 0.2) is 18.2 Å². The van der Waals surface area contributed by atoms with Crippen molar-refractivity contribution in [1.29, 1.82) is 0 Å². The molecule has 0 aromatic heterocycles. The van der Waals surface area contributed by atoms with E-state index in [0.717, 1.165) is 18.4 Å². The molecule has 1 saturated carbocycles. The van der Waals surface area contributed by atoms with E-state index in [-0.39, 0.29) is 12.5 Å². The zero-order valence-corrected chi connectivity index (χ0v) is 14.7. The van der Waals surface area contributed by atoms with Gasteiger partial charge in [-0.1, -0.05) is 30.9 Å². The first-order chi connectivity index (χ1) is 11.0. The summed E-state index contributed by atoms with van der Waals surface area (Å²) < 4.78 is 5.41. The lowest BCUT2D eigenvalue weighted by atomic mass is 9.96. The number of thiocarbonyl (C=S) groups is 1. The molecule has 0 spiro atoms. The lowest BCUT2D eigenvalue weighted by Gasteiger charge is -2.24. The smallest absolute Gasteiger partial charge is 0.276 e. The molecule has 1 aliphatic rings. The number of ether oxygens (including phenoxy) is 1. The van der Waals surface area contributed by atoms with Crippen molar-refractivity contribution in [2.24, 2.45) is 0 Å². The number of hydrogen-bond acceptors (Lipinski definition) is 3. The topological polar surface area (TPSA) is 62.4 Å². The van der Waals surface area contributed by atoms with Crippen molar-refractivity contribution in [2.45, 2.75) is 45.1 Å². The van der Waals surface area contributed by atoms with Gasteiger partial charge in [0.25, 0.3) is 5.91 Å². The molecule has 1 fully saturated rings. The summed E-state index contributed by atoms with van der Waals surface area (Å²) in [6, 6.07) is 5.66. The van der Waals surface area contributed by atoms with Gasteiger partial charge >= 0.3 is 0 Å². The van der Waals surface area contributed by atoms with E-state index in [1.165, 1.54) is 19.3 Å². The number of hydrazine groups is 1. The van der Waals surface area contributed by atoms with Crippen molar-refractivity contribution < 1.29 is 9.53 Å². The number of carbonyl (C=O) groups is 1. The minimum Gasteiger partial charge on any atom is -0.484 e. The molecular weight excluding hydrogens is 334 g/mol. The molecular formula is C16H22ClN3O2S. The highest BCUT2D eigenvalue weighted by Crippen LogP contribution is 2.20. The first-order valence-corrected chi connectivity index (χ1v) is 8.57. The molecule has 1 amide bonds. The molecule has 23 heavy (non-hydrogen) atoms. The summed E-state index contributed by atoms with van der Waals surface area (Å²) in [4.78, 5) is 11.8. The molecule has 0 bridgehead atoms. The maximum Gasteiger partial charge on any atom is 0.276 e. The maximum absolute atomic E-state index is 11.8. The van der Waals surface area contributed by atoms with Crippen molar-refractivity contribution in [3.8, 4) is 5.75 Å². The first kappa shape index (κ1) is 17.8. The molecule has 0 aliphatic heterocycles. The molecule has 0 heterocycles.